The molecule has 0 bridgehead atoms. The van der Waals surface area contributed by atoms with Crippen molar-refractivity contribution in [2.75, 3.05) is 45.7 Å². The van der Waals surface area contributed by atoms with Crippen LogP contribution >= 0.6 is 0 Å². The summed E-state index contributed by atoms with van der Waals surface area (Å²) < 4.78 is 10.7. The van der Waals surface area contributed by atoms with Gasteiger partial charge in [-0.05, 0) is 18.8 Å². The molecule has 1 heterocycles. The third-order valence-corrected chi connectivity index (χ3v) is 6.25. The van der Waals surface area contributed by atoms with Crippen LogP contribution in [0.1, 0.15) is 39.5 Å². The summed E-state index contributed by atoms with van der Waals surface area (Å²) in [6.07, 6.45) is 4.50. The van der Waals surface area contributed by atoms with Gasteiger partial charge in [-0.15, -0.1) is 0 Å². The van der Waals surface area contributed by atoms with E-state index in [-0.39, 0.29) is 23.8 Å². The number of nitrogens with zero attached hydrogens (tertiary/aromatic N) is 2. The minimum Gasteiger partial charge on any atom is -0.497 e. The summed E-state index contributed by atoms with van der Waals surface area (Å²) in [7, 11) is 3.19. The molecule has 2 amide bonds. The molecule has 0 spiro atoms. The summed E-state index contributed by atoms with van der Waals surface area (Å²) >= 11 is 0. The summed E-state index contributed by atoms with van der Waals surface area (Å²) in [6.45, 7) is 6.70. The maximum Gasteiger partial charge on any atom is 0.242 e. The van der Waals surface area contributed by atoms with Crippen molar-refractivity contribution >= 4 is 17.5 Å². The van der Waals surface area contributed by atoms with Crippen LogP contribution in [0.4, 0.5) is 5.69 Å². The molecule has 3 rings (SSSR count). The van der Waals surface area contributed by atoms with Gasteiger partial charge in [0.05, 0.1) is 20.3 Å². The number of amides is 2. The number of piperazine rings is 1. The van der Waals surface area contributed by atoms with Crippen LogP contribution in [-0.4, -0.2) is 68.1 Å². The van der Waals surface area contributed by atoms with E-state index >= 15 is 0 Å². The highest BCUT2D eigenvalue weighted by atomic mass is 16.5. The third kappa shape index (κ3) is 5.25. The maximum atomic E-state index is 13.4. The van der Waals surface area contributed by atoms with E-state index < -0.39 is 0 Å². The van der Waals surface area contributed by atoms with Crippen LogP contribution in [0.3, 0.4) is 0 Å². The Morgan fingerprint density at radius 3 is 2.03 bits per heavy atom. The van der Waals surface area contributed by atoms with E-state index in [1.807, 2.05) is 30.9 Å². The van der Waals surface area contributed by atoms with Gasteiger partial charge in [0.1, 0.15) is 11.5 Å². The van der Waals surface area contributed by atoms with Crippen LogP contribution in [0.25, 0.3) is 0 Å². The molecule has 2 aliphatic rings. The molecular formula is C23H35N3O4. The number of carbonyl (C=O) groups excluding carboxylic acids is 2. The van der Waals surface area contributed by atoms with Crippen molar-refractivity contribution in [1.29, 1.82) is 0 Å². The number of methoxy groups -OCH3 is 2. The zero-order valence-electron chi connectivity index (χ0n) is 18.6. The van der Waals surface area contributed by atoms with E-state index in [2.05, 4.69) is 10.2 Å². The van der Waals surface area contributed by atoms with Crippen molar-refractivity contribution in [3.8, 4) is 11.5 Å². The van der Waals surface area contributed by atoms with E-state index in [0.717, 1.165) is 25.9 Å². The van der Waals surface area contributed by atoms with Gasteiger partial charge in [0.2, 0.25) is 11.8 Å². The molecule has 1 aromatic rings. The van der Waals surface area contributed by atoms with Crippen LogP contribution in [0.5, 0.6) is 11.5 Å². The molecule has 7 nitrogen and oxygen atoms in total. The highest BCUT2D eigenvalue weighted by Gasteiger charge is 2.37. The van der Waals surface area contributed by atoms with Crippen LogP contribution in [0, 0.1) is 11.8 Å². The second kappa shape index (κ2) is 10.2. The van der Waals surface area contributed by atoms with E-state index in [1.54, 1.807) is 20.3 Å². The molecule has 1 unspecified atom stereocenters. The van der Waals surface area contributed by atoms with Crippen LogP contribution in [0.2, 0.25) is 0 Å². The topological polar surface area (TPSA) is 71.1 Å². The Bertz CT molecular complexity index is 716. The predicted molar refractivity (Wildman–Crippen MR) is 117 cm³/mol. The number of anilines is 1. The summed E-state index contributed by atoms with van der Waals surface area (Å²) in [4.78, 5) is 29.9. The summed E-state index contributed by atoms with van der Waals surface area (Å²) in [5.41, 5.74) is 0.674. The molecule has 1 aromatic carbocycles. The lowest BCUT2D eigenvalue weighted by atomic mass is 9.94. The number of rotatable bonds is 7. The first-order valence-corrected chi connectivity index (χ1v) is 11.0. The van der Waals surface area contributed by atoms with Gasteiger partial charge < -0.3 is 19.7 Å². The molecule has 1 atom stereocenters. The van der Waals surface area contributed by atoms with E-state index in [0.29, 0.717) is 36.2 Å². The van der Waals surface area contributed by atoms with Gasteiger partial charge in [-0.1, -0.05) is 26.7 Å². The summed E-state index contributed by atoms with van der Waals surface area (Å²) in [5.74, 6) is 1.85. The lowest BCUT2D eigenvalue weighted by Crippen LogP contribution is -2.57. The molecule has 1 saturated heterocycles. The van der Waals surface area contributed by atoms with Gasteiger partial charge in [-0.3, -0.25) is 14.5 Å². The van der Waals surface area contributed by atoms with Crippen molar-refractivity contribution in [1.82, 2.24) is 9.80 Å². The Kier molecular flexibility index (Phi) is 7.58. The highest BCUT2D eigenvalue weighted by Crippen LogP contribution is 2.32. The van der Waals surface area contributed by atoms with E-state index in [9.17, 15) is 9.59 Å². The zero-order valence-corrected chi connectivity index (χ0v) is 18.6. The molecule has 0 radical (unpaired) electrons. The average molecular weight is 418 g/mol. The second-order valence-electron chi connectivity index (χ2n) is 8.60. The number of nitrogens with one attached hydrogen (secondary N) is 1. The minimum atomic E-state index is -0.180. The molecule has 0 aromatic heterocycles. The molecule has 1 aliphatic carbocycles. The van der Waals surface area contributed by atoms with Gasteiger partial charge >= 0.3 is 0 Å². The first-order valence-electron chi connectivity index (χ1n) is 11.0. The number of ether oxygens (including phenoxy) is 2. The molecule has 1 aliphatic heterocycles. The molecule has 7 heteroatoms. The molecule has 1 N–H and O–H groups in total. The first kappa shape index (κ1) is 22.4. The summed E-state index contributed by atoms with van der Waals surface area (Å²) in [6, 6.07) is 5.23. The standard InChI is InChI=1S/C23H35N3O4/c1-16(2)23(28)26-11-9-25(10-12-26)21(17-7-5-6-8-17)22(27)24-18-13-19(29-3)15-20(14-18)30-4/h13-17,21H,5-12H2,1-4H3,(H,24,27). The Balaban J connectivity index is 1.73. The fourth-order valence-electron chi connectivity index (χ4n) is 4.63. The number of carbonyl (C=O) groups is 2. The number of hydrogen-bond acceptors (Lipinski definition) is 5. The largest absolute Gasteiger partial charge is 0.497 e. The number of benzene rings is 1. The van der Waals surface area contributed by atoms with Crippen molar-refractivity contribution in [2.45, 2.75) is 45.6 Å². The summed E-state index contributed by atoms with van der Waals surface area (Å²) in [5, 5.41) is 3.10. The predicted octanol–water partition coefficient (Wildman–Crippen LogP) is 3.00. The fraction of sp³-hybridized carbons (Fsp3) is 0.652. The van der Waals surface area contributed by atoms with Gasteiger partial charge in [0.25, 0.3) is 0 Å². The van der Waals surface area contributed by atoms with Crippen LogP contribution < -0.4 is 14.8 Å². The van der Waals surface area contributed by atoms with E-state index in [1.165, 1.54) is 12.8 Å². The third-order valence-electron chi connectivity index (χ3n) is 6.25. The monoisotopic (exact) mass is 417 g/mol. The molecular weight excluding hydrogens is 382 g/mol. The van der Waals surface area contributed by atoms with Crippen molar-refractivity contribution in [3.63, 3.8) is 0 Å². The Labute approximate surface area is 179 Å². The van der Waals surface area contributed by atoms with Gasteiger partial charge in [0, 0.05) is 56.0 Å². The number of hydrogen-bond donors (Lipinski definition) is 1. The van der Waals surface area contributed by atoms with Gasteiger partial charge in [-0.25, -0.2) is 0 Å². The molecule has 166 valence electrons. The lowest BCUT2D eigenvalue weighted by molar-refractivity contribution is -0.137. The average Bonchev–Trinajstić information content (AvgIpc) is 3.27. The Morgan fingerprint density at radius 2 is 1.53 bits per heavy atom. The normalized spacial score (nSPS) is 19.0. The smallest absolute Gasteiger partial charge is 0.242 e. The second-order valence-corrected chi connectivity index (χ2v) is 8.60. The lowest BCUT2D eigenvalue weighted by Gasteiger charge is -2.41. The minimum absolute atomic E-state index is 0.00789. The zero-order chi connectivity index (χ0) is 21.7. The van der Waals surface area contributed by atoms with Crippen molar-refractivity contribution < 1.29 is 19.1 Å². The van der Waals surface area contributed by atoms with Crippen LogP contribution in [-0.2, 0) is 9.59 Å². The van der Waals surface area contributed by atoms with Gasteiger partial charge in [0.15, 0.2) is 0 Å². The Morgan fingerprint density at radius 1 is 0.967 bits per heavy atom. The first-order chi connectivity index (χ1) is 14.4. The van der Waals surface area contributed by atoms with Crippen LogP contribution in [0.15, 0.2) is 18.2 Å². The van der Waals surface area contributed by atoms with E-state index in [4.69, 9.17) is 9.47 Å². The quantitative estimate of drug-likeness (QED) is 0.739. The fourth-order valence-corrected chi connectivity index (χ4v) is 4.63. The molecule has 30 heavy (non-hydrogen) atoms. The Hall–Kier alpha value is -2.28. The molecule has 1 saturated carbocycles. The van der Waals surface area contributed by atoms with Gasteiger partial charge in [-0.2, -0.15) is 0 Å². The molecule has 2 fully saturated rings. The maximum absolute atomic E-state index is 13.4. The highest BCUT2D eigenvalue weighted by molar-refractivity contribution is 5.95. The van der Waals surface area contributed by atoms with Crippen molar-refractivity contribution in [3.05, 3.63) is 18.2 Å². The SMILES string of the molecule is COc1cc(NC(=O)C(C2CCCC2)N2CCN(C(=O)C(C)C)CC2)cc(OC)c1. The van der Waals surface area contributed by atoms with Crippen molar-refractivity contribution in [2.24, 2.45) is 11.8 Å².